The van der Waals surface area contributed by atoms with E-state index in [-0.39, 0.29) is 36.5 Å². The minimum Gasteiger partial charge on any atom is -0.822 e. The molecule has 0 aliphatic rings. The van der Waals surface area contributed by atoms with Crippen molar-refractivity contribution in [3.8, 4) is 0 Å². The van der Waals surface area contributed by atoms with Crippen LogP contribution in [0, 0.1) is 0 Å². The van der Waals surface area contributed by atoms with Crippen molar-refractivity contribution >= 4 is 25.4 Å². The Balaban J connectivity index is -0.0000000800. The summed E-state index contributed by atoms with van der Waals surface area (Å²) in [6.45, 7) is 0. The number of hydrogen-bond acceptors (Lipinski definition) is 4. The third-order valence-electron chi connectivity index (χ3n) is 0. The summed E-state index contributed by atoms with van der Waals surface area (Å²) in [5, 5.41) is 0. The van der Waals surface area contributed by atoms with Crippen molar-refractivity contribution in [1.29, 1.82) is 0 Å². The first-order valence-electron chi connectivity index (χ1n) is 0.730. The molecular formula is GeLiO4P. The topological polar surface area (TPSA) is 86.2 Å². The predicted octanol–water partition coefficient (Wildman–Crippen LogP) is -6.20. The van der Waals surface area contributed by atoms with E-state index in [1.54, 1.807) is 0 Å². The fraction of sp³-hybridized carbons (Fsp3) is 0. The van der Waals surface area contributed by atoms with Crippen LogP contribution in [-0.2, 0) is 4.57 Å². The molecule has 34 valence electrons. The molecule has 0 bridgehead atoms. The van der Waals surface area contributed by atoms with Gasteiger partial charge in [-0.05, 0) is 0 Å². The molecule has 7 heteroatoms. The Morgan fingerprint density at radius 3 is 1.14 bits per heavy atom. The predicted molar refractivity (Wildman–Crippen MR) is 13.4 cm³/mol. The van der Waals surface area contributed by atoms with E-state index in [9.17, 15) is 0 Å². The SMILES string of the molecule is O=P([O-])([O-])[O-].[Ge+2].[Li+]. The molecular weight excluding hydrogens is 175 g/mol. The first-order valence-corrected chi connectivity index (χ1v) is 2.19. The molecule has 0 aromatic carbocycles. The van der Waals surface area contributed by atoms with Gasteiger partial charge in [0.15, 0.2) is 0 Å². The second-order valence-electron chi connectivity index (χ2n) is 0.447. The molecule has 0 saturated carbocycles. The molecule has 0 atom stereocenters. The summed E-state index contributed by atoms with van der Waals surface area (Å²) >= 11 is 0. The van der Waals surface area contributed by atoms with Crippen molar-refractivity contribution < 1.29 is 38.1 Å². The van der Waals surface area contributed by atoms with Crippen molar-refractivity contribution in [2.45, 2.75) is 0 Å². The minimum atomic E-state index is -5.39. The Kier molecular flexibility index (Phi) is 12.1. The van der Waals surface area contributed by atoms with Gasteiger partial charge in [-0.1, -0.05) is 0 Å². The fourth-order valence-electron chi connectivity index (χ4n) is 0. The maximum atomic E-state index is 8.55. The molecule has 0 rings (SSSR count). The third kappa shape index (κ3) is 128. The maximum absolute atomic E-state index is 8.55. The number of phosphoric acid groups is 1. The fourth-order valence-corrected chi connectivity index (χ4v) is 0. The van der Waals surface area contributed by atoms with Gasteiger partial charge < -0.3 is 19.2 Å². The van der Waals surface area contributed by atoms with E-state index in [2.05, 4.69) is 0 Å². The Morgan fingerprint density at radius 2 is 1.14 bits per heavy atom. The molecule has 0 aliphatic carbocycles. The average molecular weight is 175 g/mol. The van der Waals surface area contributed by atoms with Crippen molar-refractivity contribution in [3.05, 3.63) is 0 Å². The molecule has 0 heterocycles. The van der Waals surface area contributed by atoms with Crippen molar-refractivity contribution in [2.24, 2.45) is 0 Å². The van der Waals surface area contributed by atoms with Crippen molar-refractivity contribution in [3.63, 3.8) is 0 Å². The number of rotatable bonds is 0. The first-order chi connectivity index (χ1) is 2.00. The summed E-state index contributed by atoms with van der Waals surface area (Å²) in [5.74, 6) is 0. The van der Waals surface area contributed by atoms with E-state index >= 15 is 0 Å². The van der Waals surface area contributed by atoms with Gasteiger partial charge in [0.2, 0.25) is 0 Å². The molecule has 0 aliphatic heterocycles. The number of hydrogen-bond donors (Lipinski definition) is 0. The van der Waals surface area contributed by atoms with E-state index < -0.39 is 7.82 Å². The largest absolute Gasteiger partial charge is 2.00 e. The Morgan fingerprint density at radius 1 is 1.14 bits per heavy atom. The zero-order chi connectivity index (χ0) is 4.50. The molecule has 0 unspecified atom stereocenters. The first kappa shape index (κ1) is 15.7. The van der Waals surface area contributed by atoms with Crippen LogP contribution in [0.5, 0.6) is 0 Å². The van der Waals surface area contributed by atoms with Gasteiger partial charge >= 0.3 is 36.5 Å². The normalized spacial score (nSPS) is 8.43. The zero-order valence-electron chi connectivity index (χ0n) is 3.58. The van der Waals surface area contributed by atoms with E-state index in [4.69, 9.17) is 19.2 Å². The van der Waals surface area contributed by atoms with E-state index in [1.165, 1.54) is 0 Å². The molecule has 0 fully saturated rings. The molecule has 0 saturated heterocycles. The standard InChI is InChI=1S/Ge.Li.H3O4P/c;;1-5(2,3)4/h;;(H3,1,2,3,4)/q+2;+1;/p-3. The van der Waals surface area contributed by atoms with Crippen molar-refractivity contribution in [1.82, 2.24) is 0 Å². The van der Waals surface area contributed by atoms with Crippen molar-refractivity contribution in [2.75, 3.05) is 0 Å². The van der Waals surface area contributed by atoms with Crippen LogP contribution in [0.15, 0.2) is 0 Å². The smallest absolute Gasteiger partial charge is 0.822 e. The summed E-state index contributed by atoms with van der Waals surface area (Å²) < 4.78 is 8.55. The van der Waals surface area contributed by atoms with Gasteiger partial charge in [0.05, 0.1) is 0 Å². The van der Waals surface area contributed by atoms with Gasteiger partial charge in [0, 0.05) is 0 Å². The maximum Gasteiger partial charge on any atom is 2.00 e. The Bertz CT molecular complexity index is 57.8. The van der Waals surface area contributed by atoms with Crippen LogP contribution in [0.3, 0.4) is 0 Å². The molecule has 0 aromatic heterocycles. The quantitative estimate of drug-likeness (QED) is 0.270. The summed E-state index contributed by atoms with van der Waals surface area (Å²) in [4.78, 5) is 25.6. The summed E-state index contributed by atoms with van der Waals surface area (Å²) in [5.41, 5.74) is 0. The third-order valence-corrected chi connectivity index (χ3v) is 0. The molecule has 0 amide bonds. The van der Waals surface area contributed by atoms with Gasteiger partial charge in [-0.2, -0.15) is 7.82 Å². The zero-order valence-corrected chi connectivity index (χ0v) is 6.57. The van der Waals surface area contributed by atoms with Gasteiger partial charge in [-0.15, -0.1) is 0 Å². The minimum absolute atomic E-state index is 0. The van der Waals surface area contributed by atoms with Gasteiger partial charge in [0.25, 0.3) is 0 Å². The second kappa shape index (κ2) is 5.39. The average Bonchev–Trinajstić information content (AvgIpc) is 0.722. The van der Waals surface area contributed by atoms with Crippen LogP contribution in [-0.4, -0.2) is 17.6 Å². The monoisotopic (exact) mass is 176 g/mol. The summed E-state index contributed by atoms with van der Waals surface area (Å²) in [6.07, 6.45) is 0. The molecule has 0 spiro atoms. The van der Waals surface area contributed by atoms with E-state index in [1.807, 2.05) is 0 Å². The molecule has 0 N–H and O–H groups in total. The van der Waals surface area contributed by atoms with Crippen LogP contribution >= 0.6 is 7.82 Å². The molecule has 0 aromatic rings. The van der Waals surface area contributed by atoms with Crippen LogP contribution in [0.25, 0.3) is 0 Å². The molecule has 4 nitrogen and oxygen atoms in total. The second-order valence-corrected chi connectivity index (χ2v) is 1.34. The molecule has 2 radical (unpaired) electrons. The van der Waals surface area contributed by atoms with Crippen LogP contribution in [0.2, 0.25) is 0 Å². The Labute approximate surface area is 63.7 Å². The summed E-state index contributed by atoms with van der Waals surface area (Å²) in [6, 6.07) is 0. The van der Waals surface area contributed by atoms with Crippen LogP contribution in [0.4, 0.5) is 0 Å². The summed E-state index contributed by atoms with van der Waals surface area (Å²) in [7, 11) is -5.39. The Hall–Kier alpha value is 1.25. The van der Waals surface area contributed by atoms with Crippen LogP contribution in [0.1, 0.15) is 0 Å². The van der Waals surface area contributed by atoms with E-state index in [0.717, 1.165) is 0 Å². The van der Waals surface area contributed by atoms with Gasteiger partial charge in [-0.3, -0.25) is 0 Å². The van der Waals surface area contributed by atoms with Crippen LogP contribution < -0.4 is 33.5 Å². The van der Waals surface area contributed by atoms with Gasteiger partial charge in [-0.25, -0.2) is 0 Å². The van der Waals surface area contributed by atoms with Gasteiger partial charge in [0.1, 0.15) is 0 Å². The van der Waals surface area contributed by atoms with E-state index in [0.29, 0.717) is 0 Å². The molecule has 7 heavy (non-hydrogen) atoms.